The summed E-state index contributed by atoms with van der Waals surface area (Å²) in [6, 6.07) is 9.79. The monoisotopic (exact) mass is 311 g/mol. The molecule has 1 fully saturated rings. The highest BCUT2D eigenvalue weighted by atomic mass is 32.2. The number of hydrogen-bond donors (Lipinski definition) is 2. The number of amides is 1. The van der Waals surface area contributed by atoms with E-state index in [9.17, 15) is 4.79 Å². The molecule has 0 aromatic heterocycles. The van der Waals surface area contributed by atoms with Crippen molar-refractivity contribution in [3.8, 4) is 0 Å². The van der Waals surface area contributed by atoms with Gasteiger partial charge in [-0.15, -0.1) is 11.8 Å². The van der Waals surface area contributed by atoms with Crippen molar-refractivity contribution in [2.75, 3.05) is 32.2 Å². The quantitative estimate of drug-likeness (QED) is 0.737. The molecule has 0 saturated carbocycles. The highest BCUT2D eigenvalue weighted by molar-refractivity contribution is 8.00. The van der Waals surface area contributed by atoms with E-state index in [0.29, 0.717) is 19.0 Å². The topological polar surface area (TPSA) is 67.8 Å². The van der Waals surface area contributed by atoms with Gasteiger partial charge in [-0.1, -0.05) is 18.2 Å². The SMILES string of the molecule is O=C(CSc1ccccc1)N[C@@H]1CCOC[C@H]1OCCO. The Hall–Kier alpha value is -1.08. The lowest BCUT2D eigenvalue weighted by Crippen LogP contribution is -2.50. The van der Waals surface area contributed by atoms with Gasteiger partial charge in [-0.25, -0.2) is 0 Å². The van der Waals surface area contributed by atoms with Gasteiger partial charge in [0, 0.05) is 11.5 Å². The molecule has 0 aliphatic carbocycles. The number of nitrogens with one attached hydrogen (secondary N) is 1. The zero-order chi connectivity index (χ0) is 14.9. The van der Waals surface area contributed by atoms with Crippen LogP contribution in [0.1, 0.15) is 6.42 Å². The summed E-state index contributed by atoms with van der Waals surface area (Å²) in [5.41, 5.74) is 0. The van der Waals surface area contributed by atoms with Crippen LogP contribution >= 0.6 is 11.8 Å². The van der Waals surface area contributed by atoms with E-state index in [1.807, 2.05) is 30.3 Å². The Morgan fingerprint density at radius 2 is 2.24 bits per heavy atom. The van der Waals surface area contributed by atoms with Gasteiger partial charge in [-0.2, -0.15) is 0 Å². The van der Waals surface area contributed by atoms with Crippen LogP contribution in [0.4, 0.5) is 0 Å². The first kappa shape index (κ1) is 16.3. The lowest BCUT2D eigenvalue weighted by molar-refractivity contribution is -0.124. The molecule has 0 bridgehead atoms. The minimum absolute atomic E-state index is 0.00616. The van der Waals surface area contributed by atoms with E-state index in [4.69, 9.17) is 14.6 Å². The standard InChI is InChI=1S/C15H21NO4S/c17-7-9-20-14-10-19-8-6-13(14)16-15(18)11-21-12-4-2-1-3-5-12/h1-5,13-14,17H,6-11H2,(H,16,18)/t13-,14-/m1/s1. The second kappa shape index (κ2) is 9.04. The van der Waals surface area contributed by atoms with E-state index >= 15 is 0 Å². The zero-order valence-corrected chi connectivity index (χ0v) is 12.7. The predicted octanol–water partition coefficient (Wildman–Crippen LogP) is 1.06. The van der Waals surface area contributed by atoms with Gasteiger partial charge in [0.15, 0.2) is 0 Å². The van der Waals surface area contributed by atoms with Crippen molar-refractivity contribution in [3.05, 3.63) is 30.3 Å². The molecule has 2 rings (SSSR count). The van der Waals surface area contributed by atoms with Gasteiger partial charge in [0.2, 0.25) is 5.91 Å². The Kier molecular flexibility index (Phi) is 7.02. The third-order valence-corrected chi connectivity index (χ3v) is 4.20. The van der Waals surface area contributed by atoms with E-state index in [1.54, 1.807) is 0 Å². The third-order valence-electron chi connectivity index (χ3n) is 3.19. The van der Waals surface area contributed by atoms with Crippen molar-refractivity contribution in [1.29, 1.82) is 0 Å². The summed E-state index contributed by atoms with van der Waals surface area (Å²) >= 11 is 1.51. The Morgan fingerprint density at radius 1 is 1.43 bits per heavy atom. The Morgan fingerprint density at radius 3 is 3.00 bits per heavy atom. The van der Waals surface area contributed by atoms with Crippen LogP contribution in [0.15, 0.2) is 35.2 Å². The maximum absolute atomic E-state index is 12.0. The molecule has 0 radical (unpaired) electrons. The Bertz CT molecular complexity index is 429. The Labute approximate surface area is 129 Å². The fourth-order valence-electron chi connectivity index (χ4n) is 2.16. The van der Waals surface area contributed by atoms with Crippen LogP contribution in [-0.4, -0.2) is 55.3 Å². The summed E-state index contributed by atoms with van der Waals surface area (Å²) in [7, 11) is 0. The molecule has 0 spiro atoms. The second-order valence-corrected chi connectivity index (χ2v) is 5.82. The van der Waals surface area contributed by atoms with Crippen LogP contribution in [0, 0.1) is 0 Å². The first-order valence-corrected chi connectivity index (χ1v) is 8.05. The van der Waals surface area contributed by atoms with Crippen molar-refractivity contribution < 1.29 is 19.4 Å². The van der Waals surface area contributed by atoms with E-state index < -0.39 is 0 Å². The second-order valence-electron chi connectivity index (χ2n) is 4.77. The third kappa shape index (κ3) is 5.67. The summed E-state index contributed by atoms with van der Waals surface area (Å²) in [5, 5.41) is 11.8. The average Bonchev–Trinajstić information content (AvgIpc) is 2.53. The molecular formula is C15H21NO4S. The van der Waals surface area contributed by atoms with Gasteiger partial charge in [0.1, 0.15) is 6.10 Å². The van der Waals surface area contributed by atoms with Gasteiger partial charge in [0.25, 0.3) is 0 Å². The number of carbonyl (C=O) groups excluding carboxylic acids is 1. The summed E-state index contributed by atoms with van der Waals surface area (Å²) in [5.74, 6) is 0.377. The lowest BCUT2D eigenvalue weighted by Gasteiger charge is -2.31. The molecule has 2 N–H and O–H groups in total. The first-order chi connectivity index (χ1) is 10.3. The smallest absolute Gasteiger partial charge is 0.230 e. The maximum Gasteiger partial charge on any atom is 0.230 e. The summed E-state index contributed by atoms with van der Waals surface area (Å²) in [4.78, 5) is 13.1. The van der Waals surface area contributed by atoms with Crippen LogP contribution in [0.2, 0.25) is 0 Å². The van der Waals surface area contributed by atoms with Crippen LogP contribution in [0.3, 0.4) is 0 Å². The van der Waals surface area contributed by atoms with Crippen molar-refractivity contribution in [2.45, 2.75) is 23.5 Å². The molecule has 0 unspecified atom stereocenters. The number of thioether (sulfide) groups is 1. The van der Waals surface area contributed by atoms with Crippen LogP contribution < -0.4 is 5.32 Å². The zero-order valence-electron chi connectivity index (χ0n) is 11.9. The molecule has 1 aromatic carbocycles. The van der Waals surface area contributed by atoms with Crippen molar-refractivity contribution in [3.63, 3.8) is 0 Å². The fraction of sp³-hybridized carbons (Fsp3) is 0.533. The van der Waals surface area contributed by atoms with E-state index in [1.165, 1.54) is 11.8 Å². The molecule has 1 saturated heterocycles. The molecule has 1 aliphatic heterocycles. The normalized spacial score (nSPS) is 22.0. The molecule has 21 heavy (non-hydrogen) atoms. The largest absolute Gasteiger partial charge is 0.394 e. The van der Waals surface area contributed by atoms with Crippen LogP contribution in [0.5, 0.6) is 0 Å². The van der Waals surface area contributed by atoms with E-state index in [0.717, 1.165) is 11.3 Å². The number of aliphatic hydroxyl groups is 1. The molecule has 2 atom stereocenters. The number of aliphatic hydroxyl groups excluding tert-OH is 1. The molecule has 1 amide bonds. The molecule has 116 valence electrons. The summed E-state index contributed by atoms with van der Waals surface area (Å²) < 4.78 is 10.9. The van der Waals surface area contributed by atoms with Gasteiger partial charge >= 0.3 is 0 Å². The number of ether oxygens (including phenoxy) is 2. The van der Waals surface area contributed by atoms with Crippen molar-refractivity contribution in [2.24, 2.45) is 0 Å². The van der Waals surface area contributed by atoms with Gasteiger partial charge in [-0.3, -0.25) is 4.79 Å². The Balaban J connectivity index is 1.77. The summed E-state index contributed by atoms with van der Waals surface area (Å²) in [6.45, 7) is 1.31. The molecule has 5 nitrogen and oxygen atoms in total. The number of benzene rings is 1. The average molecular weight is 311 g/mol. The molecular weight excluding hydrogens is 290 g/mol. The molecule has 1 heterocycles. The number of rotatable bonds is 7. The minimum atomic E-state index is -0.184. The van der Waals surface area contributed by atoms with Gasteiger partial charge in [-0.05, 0) is 18.6 Å². The predicted molar refractivity (Wildman–Crippen MR) is 81.4 cm³/mol. The number of carbonyl (C=O) groups is 1. The fourth-order valence-corrected chi connectivity index (χ4v) is 2.89. The van der Waals surface area contributed by atoms with Crippen LogP contribution in [0.25, 0.3) is 0 Å². The maximum atomic E-state index is 12.0. The highest BCUT2D eigenvalue weighted by Crippen LogP contribution is 2.17. The van der Waals surface area contributed by atoms with Crippen LogP contribution in [-0.2, 0) is 14.3 Å². The minimum Gasteiger partial charge on any atom is -0.394 e. The summed E-state index contributed by atoms with van der Waals surface area (Å²) in [6.07, 6.45) is 0.550. The lowest BCUT2D eigenvalue weighted by atomic mass is 10.1. The van der Waals surface area contributed by atoms with Gasteiger partial charge in [0.05, 0.1) is 31.6 Å². The number of hydrogen-bond acceptors (Lipinski definition) is 5. The van der Waals surface area contributed by atoms with E-state index in [-0.39, 0.29) is 31.3 Å². The van der Waals surface area contributed by atoms with Crippen molar-refractivity contribution in [1.82, 2.24) is 5.32 Å². The highest BCUT2D eigenvalue weighted by Gasteiger charge is 2.27. The molecule has 1 aliphatic rings. The van der Waals surface area contributed by atoms with Gasteiger partial charge < -0.3 is 19.9 Å². The van der Waals surface area contributed by atoms with E-state index in [2.05, 4.69) is 5.32 Å². The molecule has 6 heteroatoms. The molecule has 1 aromatic rings. The van der Waals surface area contributed by atoms with Crippen molar-refractivity contribution >= 4 is 17.7 Å². The first-order valence-electron chi connectivity index (χ1n) is 7.07.